The van der Waals surface area contributed by atoms with Crippen molar-refractivity contribution >= 4 is 0 Å². The monoisotopic (exact) mass is 244 g/mol. The molecule has 0 atom stereocenters. The van der Waals surface area contributed by atoms with Gasteiger partial charge < -0.3 is 14.8 Å². The van der Waals surface area contributed by atoms with Crippen molar-refractivity contribution in [2.24, 2.45) is 0 Å². The summed E-state index contributed by atoms with van der Waals surface area (Å²) in [7, 11) is 1.54. The summed E-state index contributed by atoms with van der Waals surface area (Å²) in [4.78, 5) is 7.75. The van der Waals surface area contributed by atoms with Gasteiger partial charge in [0.15, 0.2) is 11.5 Å². The number of aromatic hydroxyl groups is 1. The van der Waals surface area contributed by atoms with E-state index >= 15 is 0 Å². The molecule has 1 aromatic heterocycles. The Hall–Kier alpha value is -1.97. The van der Waals surface area contributed by atoms with Gasteiger partial charge in [0.1, 0.15) is 5.82 Å². The minimum Gasteiger partial charge on any atom is -0.504 e. The largest absolute Gasteiger partial charge is 0.504 e. The number of benzene rings is 1. The fraction of sp³-hybridized carbons (Fsp3) is 0.357. The van der Waals surface area contributed by atoms with Crippen molar-refractivity contribution in [3.63, 3.8) is 0 Å². The van der Waals surface area contributed by atoms with Crippen LogP contribution < -0.4 is 4.74 Å². The second kappa shape index (κ2) is 4.37. The van der Waals surface area contributed by atoms with E-state index in [1.165, 1.54) is 19.3 Å². The lowest BCUT2D eigenvalue weighted by Crippen LogP contribution is -2.10. The first kappa shape index (κ1) is 11.1. The number of hydrogen-bond acceptors (Lipinski definition) is 3. The number of rotatable bonds is 3. The summed E-state index contributed by atoms with van der Waals surface area (Å²) in [5, 5.41) is 9.77. The Morgan fingerprint density at radius 1 is 1.39 bits per heavy atom. The molecule has 1 fully saturated rings. The quantitative estimate of drug-likeness (QED) is 0.872. The number of ether oxygens (including phenoxy) is 1. The van der Waals surface area contributed by atoms with Gasteiger partial charge in [-0.3, -0.25) is 0 Å². The van der Waals surface area contributed by atoms with Gasteiger partial charge in [-0.15, -0.1) is 0 Å². The minimum absolute atomic E-state index is 0.148. The summed E-state index contributed by atoms with van der Waals surface area (Å²) >= 11 is 0. The highest BCUT2D eigenvalue weighted by Gasteiger charge is 2.22. The molecule has 0 amide bonds. The molecule has 2 N–H and O–H groups in total. The summed E-state index contributed by atoms with van der Waals surface area (Å²) in [6, 6.07) is 5.36. The van der Waals surface area contributed by atoms with Crippen LogP contribution in [0.25, 0.3) is 11.3 Å². The lowest BCUT2D eigenvalue weighted by molar-refractivity contribution is 0.373. The van der Waals surface area contributed by atoms with Crippen LogP contribution >= 0.6 is 0 Å². The molecule has 18 heavy (non-hydrogen) atoms. The highest BCUT2D eigenvalue weighted by Crippen LogP contribution is 2.36. The molecular weight excluding hydrogens is 228 g/mol. The SMILES string of the molecule is COc1ccc(-c2cnc(C3CCC3)[nH]2)cc1O. The van der Waals surface area contributed by atoms with Gasteiger partial charge >= 0.3 is 0 Å². The number of hydrogen-bond donors (Lipinski definition) is 2. The Labute approximate surface area is 106 Å². The molecule has 0 bridgehead atoms. The number of aromatic nitrogens is 2. The molecule has 1 aliphatic carbocycles. The van der Waals surface area contributed by atoms with E-state index < -0.39 is 0 Å². The molecule has 1 aliphatic rings. The zero-order valence-electron chi connectivity index (χ0n) is 10.3. The highest BCUT2D eigenvalue weighted by atomic mass is 16.5. The fourth-order valence-corrected chi connectivity index (χ4v) is 2.23. The summed E-state index contributed by atoms with van der Waals surface area (Å²) in [6.45, 7) is 0. The smallest absolute Gasteiger partial charge is 0.160 e. The number of nitrogens with zero attached hydrogens (tertiary/aromatic N) is 1. The molecular formula is C14H16N2O2. The maximum absolute atomic E-state index is 9.77. The fourth-order valence-electron chi connectivity index (χ4n) is 2.23. The topological polar surface area (TPSA) is 58.1 Å². The third-order valence-electron chi connectivity index (χ3n) is 3.58. The van der Waals surface area contributed by atoms with Crippen LogP contribution in [0.5, 0.6) is 11.5 Å². The maximum Gasteiger partial charge on any atom is 0.160 e. The minimum atomic E-state index is 0.148. The average Bonchev–Trinajstić information content (AvgIpc) is 2.76. The van der Waals surface area contributed by atoms with Crippen LogP contribution in [0.2, 0.25) is 0 Å². The van der Waals surface area contributed by atoms with Crippen LogP contribution in [0.15, 0.2) is 24.4 Å². The zero-order valence-corrected chi connectivity index (χ0v) is 10.3. The summed E-state index contributed by atoms with van der Waals surface area (Å²) < 4.78 is 5.03. The normalized spacial score (nSPS) is 15.4. The molecule has 4 heteroatoms. The lowest BCUT2D eigenvalue weighted by atomic mass is 9.85. The van der Waals surface area contributed by atoms with Crippen LogP contribution in [-0.2, 0) is 0 Å². The van der Waals surface area contributed by atoms with Gasteiger partial charge in [0.25, 0.3) is 0 Å². The Morgan fingerprint density at radius 2 is 2.22 bits per heavy atom. The van der Waals surface area contributed by atoms with Gasteiger partial charge in [0, 0.05) is 11.5 Å². The Kier molecular flexibility index (Phi) is 2.70. The summed E-state index contributed by atoms with van der Waals surface area (Å²) in [6.07, 6.45) is 5.57. The molecule has 1 heterocycles. The number of nitrogens with one attached hydrogen (secondary N) is 1. The van der Waals surface area contributed by atoms with Gasteiger partial charge in [0.05, 0.1) is 19.0 Å². The average molecular weight is 244 g/mol. The molecule has 1 aromatic carbocycles. The number of aromatic amines is 1. The first-order valence-corrected chi connectivity index (χ1v) is 6.20. The van der Waals surface area contributed by atoms with Crippen LogP contribution in [0.4, 0.5) is 0 Å². The Morgan fingerprint density at radius 3 is 2.83 bits per heavy atom. The molecule has 1 saturated carbocycles. The number of phenols is 1. The molecule has 94 valence electrons. The van der Waals surface area contributed by atoms with Crippen LogP contribution in [0, 0.1) is 0 Å². The molecule has 0 saturated heterocycles. The molecule has 2 aromatic rings. The second-order valence-corrected chi connectivity index (χ2v) is 4.70. The lowest BCUT2D eigenvalue weighted by Gasteiger charge is -2.22. The third kappa shape index (κ3) is 1.83. The van der Waals surface area contributed by atoms with E-state index in [0.29, 0.717) is 11.7 Å². The van der Waals surface area contributed by atoms with Gasteiger partial charge in [-0.05, 0) is 31.0 Å². The Balaban J connectivity index is 1.89. The van der Waals surface area contributed by atoms with E-state index in [-0.39, 0.29) is 5.75 Å². The number of H-pyrrole nitrogens is 1. The standard InChI is InChI=1S/C14H16N2O2/c1-18-13-6-5-10(7-12(13)17)11-8-15-14(16-11)9-3-2-4-9/h5-9,17H,2-4H2,1H3,(H,15,16). The predicted molar refractivity (Wildman–Crippen MR) is 68.8 cm³/mol. The van der Waals surface area contributed by atoms with Gasteiger partial charge in [-0.1, -0.05) is 6.42 Å². The first-order valence-electron chi connectivity index (χ1n) is 6.20. The van der Waals surface area contributed by atoms with Crippen molar-refractivity contribution in [2.75, 3.05) is 7.11 Å². The van der Waals surface area contributed by atoms with Crippen molar-refractivity contribution in [3.05, 3.63) is 30.2 Å². The zero-order chi connectivity index (χ0) is 12.5. The van der Waals surface area contributed by atoms with Crippen molar-refractivity contribution in [1.29, 1.82) is 0 Å². The van der Waals surface area contributed by atoms with Gasteiger partial charge in [-0.2, -0.15) is 0 Å². The summed E-state index contributed by atoms with van der Waals surface area (Å²) in [5.74, 6) is 2.28. The first-order chi connectivity index (χ1) is 8.78. The third-order valence-corrected chi connectivity index (χ3v) is 3.58. The van der Waals surface area contributed by atoms with E-state index in [0.717, 1.165) is 17.1 Å². The van der Waals surface area contributed by atoms with E-state index in [1.54, 1.807) is 19.2 Å². The maximum atomic E-state index is 9.77. The molecule has 0 radical (unpaired) electrons. The highest BCUT2D eigenvalue weighted by molar-refractivity contribution is 5.63. The van der Waals surface area contributed by atoms with Crippen molar-refractivity contribution in [1.82, 2.24) is 9.97 Å². The molecule has 3 rings (SSSR count). The summed E-state index contributed by atoms with van der Waals surface area (Å²) in [5.41, 5.74) is 1.86. The van der Waals surface area contributed by atoms with E-state index in [9.17, 15) is 5.11 Å². The van der Waals surface area contributed by atoms with Crippen molar-refractivity contribution in [2.45, 2.75) is 25.2 Å². The predicted octanol–water partition coefficient (Wildman–Crippen LogP) is 3.06. The van der Waals surface area contributed by atoms with Crippen LogP contribution in [0.3, 0.4) is 0 Å². The Bertz CT molecular complexity index is 559. The molecule has 0 spiro atoms. The van der Waals surface area contributed by atoms with Gasteiger partial charge in [-0.25, -0.2) is 4.98 Å². The second-order valence-electron chi connectivity index (χ2n) is 4.70. The van der Waals surface area contributed by atoms with Crippen LogP contribution in [0.1, 0.15) is 31.0 Å². The molecule has 4 nitrogen and oxygen atoms in total. The van der Waals surface area contributed by atoms with Crippen molar-refractivity contribution in [3.8, 4) is 22.8 Å². The molecule has 0 unspecified atom stereocenters. The van der Waals surface area contributed by atoms with E-state index in [4.69, 9.17) is 4.74 Å². The number of imidazole rings is 1. The van der Waals surface area contributed by atoms with E-state index in [1.807, 2.05) is 12.3 Å². The van der Waals surface area contributed by atoms with Crippen molar-refractivity contribution < 1.29 is 9.84 Å². The van der Waals surface area contributed by atoms with Gasteiger partial charge in [0.2, 0.25) is 0 Å². The van der Waals surface area contributed by atoms with Crippen LogP contribution in [-0.4, -0.2) is 22.2 Å². The number of phenolic OH excluding ortho intramolecular Hbond substituents is 1. The van der Waals surface area contributed by atoms with E-state index in [2.05, 4.69) is 9.97 Å². The number of methoxy groups -OCH3 is 1. The molecule has 0 aliphatic heterocycles.